The van der Waals surface area contributed by atoms with Crippen LogP contribution in [0.25, 0.3) is 0 Å². The standard InChI is InChI=1S/C21H21N5O5S/c1-13(27)15-4-6-16(7-5-15)22-20(28)14(2)32-21-24-23-19(25(21)3)12-31-18-10-8-17(9-11-18)26(29)30/h4-11,14H,12H2,1-3H3,(H,22,28)/t14-/m0/s1. The van der Waals surface area contributed by atoms with E-state index in [0.29, 0.717) is 28.0 Å². The average Bonchev–Trinajstić information content (AvgIpc) is 3.12. The van der Waals surface area contributed by atoms with Gasteiger partial charge in [0, 0.05) is 30.4 Å². The predicted octanol–water partition coefficient (Wildman–Crippen LogP) is 3.62. The van der Waals surface area contributed by atoms with E-state index in [1.165, 1.54) is 43.0 Å². The molecule has 2 aromatic carbocycles. The van der Waals surface area contributed by atoms with Crippen LogP contribution in [0, 0.1) is 10.1 Å². The lowest BCUT2D eigenvalue weighted by Crippen LogP contribution is -2.22. The number of nitrogens with zero attached hydrogens (tertiary/aromatic N) is 4. The normalized spacial score (nSPS) is 11.6. The summed E-state index contributed by atoms with van der Waals surface area (Å²) >= 11 is 1.25. The number of nitro benzene ring substituents is 1. The summed E-state index contributed by atoms with van der Waals surface area (Å²) in [6.45, 7) is 3.36. The van der Waals surface area contributed by atoms with Crippen molar-refractivity contribution in [3.8, 4) is 5.75 Å². The Morgan fingerprint density at radius 3 is 2.41 bits per heavy atom. The van der Waals surface area contributed by atoms with Crippen LogP contribution >= 0.6 is 11.8 Å². The van der Waals surface area contributed by atoms with Crippen LogP contribution in [0.3, 0.4) is 0 Å². The zero-order valence-corrected chi connectivity index (χ0v) is 18.5. The molecule has 0 aliphatic heterocycles. The largest absolute Gasteiger partial charge is 0.486 e. The van der Waals surface area contributed by atoms with E-state index in [0.717, 1.165) is 0 Å². The second kappa shape index (κ2) is 10.1. The molecule has 3 rings (SSSR count). The van der Waals surface area contributed by atoms with E-state index in [1.807, 2.05) is 0 Å². The number of nitro groups is 1. The molecule has 1 atom stereocenters. The highest BCUT2D eigenvalue weighted by atomic mass is 32.2. The van der Waals surface area contributed by atoms with E-state index in [1.54, 1.807) is 42.8 Å². The predicted molar refractivity (Wildman–Crippen MR) is 119 cm³/mol. The Kier molecular flexibility index (Phi) is 7.21. The van der Waals surface area contributed by atoms with Crippen LogP contribution in [0.5, 0.6) is 5.75 Å². The van der Waals surface area contributed by atoms with Crippen molar-refractivity contribution in [3.05, 3.63) is 70.0 Å². The Morgan fingerprint density at radius 2 is 1.81 bits per heavy atom. The SMILES string of the molecule is CC(=O)c1ccc(NC(=O)[C@H](C)Sc2nnc(COc3ccc([N+](=O)[O-])cc3)n2C)cc1. The van der Waals surface area contributed by atoms with Crippen molar-refractivity contribution >= 4 is 34.8 Å². The van der Waals surface area contributed by atoms with Gasteiger partial charge in [-0.2, -0.15) is 0 Å². The van der Waals surface area contributed by atoms with Crippen molar-refractivity contribution in [2.75, 3.05) is 5.32 Å². The Balaban J connectivity index is 1.56. The maximum Gasteiger partial charge on any atom is 0.269 e. The highest BCUT2D eigenvalue weighted by molar-refractivity contribution is 8.00. The number of ketones is 1. The quantitative estimate of drug-likeness (QED) is 0.224. The molecule has 3 aromatic rings. The number of carbonyl (C=O) groups excluding carboxylic acids is 2. The van der Waals surface area contributed by atoms with Gasteiger partial charge in [-0.3, -0.25) is 19.7 Å². The van der Waals surface area contributed by atoms with Gasteiger partial charge >= 0.3 is 0 Å². The molecule has 1 aromatic heterocycles. The van der Waals surface area contributed by atoms with Gasteiger partial charge in [0.15, 0.2) is 16.8 Å². The number of rotatable bonds is 9. The second-order valence-corrected chi connectivity index (χ2v) is 8.19. The first-order valence-corrected chi connectivity index (χ1v) is 10.5. The highest BCUT2D eigenvalue weighted by Crippen LogP contribution is 2.24. The smallest absolute Gasteiger partial charge is 0.269 e. The molecule has 0 unspecified atom stereocenters. The molecular weight excluding hydrogens is 434 g/mol. The molecule has 1 N–H and O–H groups in total. The zero-order valence-electron chi connectivity index (χ0n) is 17.6. The maximum absolute atomic E-state index is 12.5. The third-order valence-electron chi connectivity index (χ3n) is 4.55. The molecule has 10 nitrogen and oxygen atoms in total. The summed E-state index contributed by atoms with van der Waals surface area (Å²) in [5, 5.41) is 21.8. The molecule has 11 heteroatoms. The fraction of sp³-hybridized carbons (Fsp3) is 0.238. The van der Waals surface area contributed by atoms with Crippen LogP contribution in [-0.4, -0.2) is 36.6 Å². The maximum atomic E-state index is 12.5. The number of amides is 1. The molecule has 1 heterocycles. The molecule has 0 saturated carbocycles. The molecule has 1 amide bonds. The summed E-state index contributed by atoms with van der Waals surface area (Å²) in [6.07, 6.45) is 0. The third kappa shape index (κ3) is 5.70. The van der Waals surface area contributed by atoms with Gasteiger partial charge < -0.3 is 14.6 Å². The molecular formula is C21H21N5O5S. The van der Waals surface area contributed by atoms with Crippen LogP contribution < -0.4 is 10.1 Å². The molecule has 0 aliphatic rings. The summed E-state index contributed by atoms with van der Waals surface area (Å²) in [5.74, 6) is 0.759. The van der Waals surface area contributed by atoms with E-state index in [-0.39, 0.29) is 24.0 Å². The number of ether oxygens (including phenoxy) is 1. The van der Waals surface area contributed by atoms with Gasteiger partial charge in [-0.15, -0.1) is 10.2 Å². The topological polar surface area (TPSA) is 129 Å². The van der Waals surface area contributed by atoms with Crippen LogP contribution in [0.4, 0.5) is 11.4 Å². The Morgan fingerprint density at radius 1 is 1.16 bits per heavy atom. The lowest BCUT2D eigenvalue weighted by molar-refractivity contribution is -0.384. The molecule has 0 saturated heterocycles. The van der Waals surface area contributed by atoms with Crippen molar-refractivity contribution in [2.24, 2.45) is 7.05 Å². The van der Waals surface area contributed by atoms with Gasteiger partial charge in [-0.25, -0.2) is 0 Å². The van der Waals surface area contributed by atoms with Crippen molar-refractivity contribution in [1.82, 2.24) is 14.8 Å². The highest BCUT2D eigenvalue weighted by Gasteiger charge is 2.19. The van der Waals surface area contributed by atoms with Crippen LogP contribution in [0.2, 0.25) is 0 Å². The molecule has 166 valence electrons. The van der Waals surface area contributed by atoms with Crippen molar-refractivity contribution in [3.63, 3.8) is 0 Å². The number of Topliss-reactive ketones (excluding diaryl/α,β-unsaturated/α-hetero) is 1. The molecule has 32 heavy (non-hydrogen) atoms. The number of hydrogen-bond donors (Lipinski definition) is 1. The first-order valence-electron chi connectivity index (χ1n) is 9.58. The van der Waals surface area contributed by atoms with E-state index >= 15 is 0 Å². The molecule has 0 bridgehead atoms. The Bertz CT molecular complexity index is 1130. The summed E-state index contributed by atoms with van der Waals surface area (Å²) in [6, 6.07) is 12.4. The van der Waals surface area contributed by atoms with E-state index in [9.17, 15) is 19.7 Å². The Labute approximate surface area is 188 Å². The van der Waals surface area contributed by atoms with Crippen molar-refractivity contribution < 1.29 is 19.2 Å². The van der Waals surface area contributed by atoms with Gasteiger partial charge in [-0.1, -0.05) is 11.8 Å². The first-order chi connectivity index (χ1) is 15.2. The lowest BCUT2D eigenvalue weighted by Gasteiger charge is -2.12. The van der Waals surface area contributed by atoms with E-state index in [2.05, 4.69) is 15.5 Å². The number of benzene rings is 2. The number of aromatic nitrogens is 3. The van der Waals surface area contributed by atoms with E-state index < -0.39 is 10.2 Å². The monoisotopic (exact) mass is 455 g/mol. The average molecular weight is 455 g/mol. The number of carbonyl (C=O) groups is 2. The fourth-order valence-electron chi connectivity index (χ4n) is 2.63. The minimum atomic E-state index is -0.478. The van der Waals surface area contributed by atoms with E-state index in [4.69, 9.17) is 4.74 Å². The van der Waals surface area contributed by atoms with Crippen molar-refractivity contribution in [1.29, 1.82) is 0 Å². The van der Waals surface area contributed by atoms with Crippen LogP contribution in [-0.2, 0) is 18.4 Å². The van der Waals surface area contributed by atoms with Gasteiger partial charge in [-0.05, 0) is 50.2 Å². The van der Waals surface area contributed by atoms with Gasteiger partial charge in [0.2, 0.25) is 5.91 Å². The fourth-order valence-corrected chi connectivity index (χ4v) is 3.46. The van der Waals surface area contributed by atoms with Gasteiger partial charge in [0.1, 0.15) is 12.4 Å². The lowest BCUT2D eigenvalue weighted by atomic mass is 10.1. The first kappa shape index (κ1) is 22.9. The van der Waals surface area contributed by atoms with Gasteiger partial charge in [0.25, 0.3) is 5.69 Å². The summed E-state index contributed by atoms with van der Waals surface area (Å²) in [7, 11) is 1.77. The minimum absolute atomic E-state index is 0.0169. The number of nitrogens with one attached hydrogen (secondary N) is 1. The Hall–Kier alpha value is -3.73. The zero-order chi connectivity index (χ0) is 23.3. The molecule has 0 aliphatic carbocycles. The molecule has 0 fully saturated rings. The second-order valence-electron chi connectivity index (χ2n) is 6.88. The summed E-state index contributed by atoms with van der Waals surface area (Å²) in [5.41, 5.74) is 1.16. The van der Waals surface area contributed by atoms with Crippen LogP contribution in [0.1, 0.15) is 30.0 Å². The van der Waals surface area contributed by atoms with Gasteiger partial charge in [0.05, 0.1) is 10.2 Å². The van der Waals surface area contributed by atoms with Crippen molar-refractivity contribution in [2.45, 2.75) is 30.9 Å². The number of hydrogen-bond acceptors (Lipinski definition) is 8. The van der Waals surface area contributed by atoms with Crippen LogP contribution in [0.15, 0.2) is 53.7 Å². The number of thioether (sulfide) groups is 1. The molecule has 0 radical (unpaired) electrons. The number of non-ortho nitro benzene ring substituents is 1. The minimum Gasteiger partial charge on any atom is -0.486 e. The summed E-state index contributed by atoms with van der Waals surface area (Å²) < 4.78 is 7.34. The summed E-state index contributed by atoms with van der Waals surface area (Å²) in [4.78, 5) is 34.1. The molecule has 0 spiro atoms. The number of anilines is 1. The third-order valence-corrected chi connectivity index (χ3v) is 5.68.